The number of Topliss-reactive ketones (excluding diaryl/α,β-unsaturated/α-hetero) is 4. The van der Waals surface area contributed by atoms with Gasteiger partial charge in [-0.25, -0.2) is 0 Å². The SMILES string of the molecule is CCCCCCCCCCCCCC=CC(O)C(C)(NCCCC)C(C)([SiH3])OC1O[C@H](COC(=O)CCC(C)=O)[C@@H](OC(=O)CCC(C)=O)[C@H](OC(=O)CCC(C)=O)[C@H]1OC(=O)CCC(C)=O. The molecule has 0 aromatic heterocycles. The zero-order valence-electron chi connectivity index (χ0n) is 42.3. The monoisotopic (exact) mass is 968 g/mol. The normalized spacial score (nSPS) is 20.6. The van der Waals surface area contributed by atoms with Gasteiger partial charge in [-0.05, 0) is 67.3 Å². The van der Waals surface area contributed by atoms with Crippen LogP contribution in [0.5, 0.6) is 0 Å². The fourth-order valence-corrected chi connectivity index (χ4v) is 8.16. The Morgan fingerprint density at radius 1 is 0.597 bits per heavy atom. The van der Waals surface area contributed by atoms with Crippen LogP contribution in [0.4, 0.5) is 0 Å². The van der Waals surface area contributed by atoms with Gasteiger partial charge in [0.05, 0.1) is 42.6 Å². The van der Waals surface area contributed by atoms with Crippen molar-refractivity contribution in [3.63, 3.8) is 0 Å². The van der Waals surface area contributed by atoms with E-state index in [1.165, 1.54) is 79.1 Å². The Labute approximate surface area is 402 Å². The van der Waals surface area contributed by atoms with Gasteiger partial charge in [-0.2, -0.15) is 0 Å². The predicted octanol–water partition coefficient (Wildman–Crippen LogP) is 6.33. The van der Waals surface area contributed by atoms with E-state index >= 15 is 0 Å². The number of ether oxygens (including phenoxy) is 6. The molecule has 1 saturated heterocycles. The molecule has 1 rings (SSSR count). The lowest BCUT2D eigenvalue weighted by Gasteiger charge is -2.51. The van der Waals surface area contributed by atoms with Gasteiger partial charge < -0.3 is 58.0 Å². The van der Waals surface area contributed by atoms with Crippen LogP contribution in [0.3, 0.4) is 0 Å². The van der Waals surface area contributed by atoms with Crippen LogP contribution in [0.2, 0.25) is 0 Å². The minimum atomic E-state index is -1.70. The second-order valence-electron chi connectivity index (χ2n) is 18.7. The first kappa shape index (κ1) is 61.4. The van der Waals surface area contributed by atoms with Crippen molar-refractivity contribution < 1.29 is 71.9 Å². The van der Waals surface area contributed by atoms with E-state index in [1.54, 1.807) is 13.0 Å². The highest BCUT2D eigenvalue weighted by atomic mass is 28.1. The maximum Gasteiger partial charge on any atom is 0.306 e. The average molecular weight is 968 g/mol. The lowest BCUT2D eigenvalue weighted by atomic mass is 9.86. The molecular formula is C50H85NO15Si. The van der Waals surface area contributed by atoms with Crippen LogP contribution < -0.4 is 5.32 Å². The number of allylic oxidation sites excluding steroid dienone is 1. The summed E-state index contributed by atoms with van der Waals surface area (Å²) >= 11 is 0. The molecule has 4 unspecified atom stereocenters. The quantitative estimate of drug-likeness (QED) is 0.0227. The topological polar surface area (TPSA) is 224 Å². The average Bonchev–Trinajstić information content (AvgIpc) is 3.26. The van der Waals surface area contributed by atoms with Crippen LogP contribution in [0.15, 0.2) is 12.2 Å². The predicted molar refractivity (Wildman–Crippen MR) is 256 cm³/mol. The third-order valence-electron chi connectivity index (χ3n) is 12.1. The molecule has 8 atom stereocenters. The van der Waals surface area contributed by atoms with Gasteiger partial charge in [0.1, 0.15) is 35.8 Å². The molecule has 1 fully saturated rings. The summed E-state index contributed by atoms with van der Waals surface area (Å²) in [4.78, 5) is 101. The molecule has 1 heterocycles. The van der Waals surface area contributed by atoms with E-state index in [4.69, 9.17) is 28.4 Å². The largest absolute Gasteiger partial charge is 0.463 e. The van der Waals surface area contributed by atoms with Gasteiger partial charge in [-0.15, -0.1) is 0 Å². The Hall–Kier alpha value is -3.64. The van der Waals surface area contributed by atoms with E-state index < -0.39 is 84.5 Å². The van der Waals surface area contributed by atoms with Crippen molar-refractivity contribution in [2.24, 2.45) is 0 Å². The molecule has 2 N–H and O–H groups in total. The van der Waals surface area contributed by atoms with Crippen LogP contribution in [-0.2, 0) is 66.8 Å². The first-order valence-electron chi connectivity index (χ1n) is 24.8. The molecule has 0 aliphatic carbocycles. The van der Waals surface area contributed by atoms with Crippen LogP contribution in [0.1, 0.15) is 197 Å². The Bertz CT molecular complexity index is 1580. The molecule has 1 aliphatic heterocycles. The summed E-state index contributed by atoms with van der Waals surface area (Å²) in [6, 6.07) is 0. The molecule has 0 spiro atoms. The van der Waals surface area contributed by atoms with Gasteiger partial charge in [-0.1, -0.05) is 96.6 Å². The van der Waals surface area contributed by atoms with Gasteiger partial charge >= 0.3 is 23.9 Å². The Balaban J connectivity index is 3.70. The highest BCUT2D eigenvalue weighted by Gasteiger charge is 2.57. The van der Waals surface area contributed by atoms with Crippen molar-refractivity contribution in [2.45, 2.75) is 244 Å². The number of aliphatic hydroxyl groups excluding tert-OH is 1. The van der Waals surface area contributed by atoms with E-state index in [-0.39, 0.29) is 78.3 Å². The van der Waals surface area contributed by atoms with Gasteiger partial charge in [0.25, 0.3) is 0 Å². The summed E-state index contributed by atoms with van der Waals surface area (Å²) < 4.78 is 36.5. The lowest BCUT2D eigenvalue weighted by Crippen LogP contribution is -2.71. The van der Waals surface area contributed by atoms with Crippen molar-refractivity contribution in [3.05, 3.63) is 12.2 Å². The summed E-state index contributed by atoms with van der Waals surface area (Å²) in [6.07, 6.45) is 8.20. The minimum absolute atomic E-state index is 0.104. The molecule has 0 saturated carbocycles. The number of aliphatic hydroxyl groups is 1. The van der Waals surface area contributed by atoms with E-state index in [0.29, 0.717) is 6.54 Å². The zero-order chi connectivity index (χ0) is 50.4. The number of esters is 4. The van der Waals surface area contributed by atoms with Crippen LogP contribution in [0, 0.1) is 0 Å². The molecule has 17 heteroatoms. The summed E-state index contributed by atoms with van der Waals surface area (Å²) in [6.45, 7) is 12.9. The fraction of sp³-hybridized carbons (Fsp3) is 0.800. The van der Waals surface area contributed by atoms with E-state index in [9.17, 15) is 43.5 Å². The number of hydrogen-bond donors (Lipinski definition) is 2. The van der Waals surface area contributed by atoms with Gasteiger partial charge in [0, 0.05) is 35.9 Å². The number of ketones is 4. The highest BCUT2D eigenvalue weighted by Crippen LogP contribution is 2.36. The number of nitrogens with one attached hydrogen (secondary N) is 1. The van der Waals surface area contributed by atoms with Crippen LogP contribution in [-0.4, -0.2) is 123 Å². The summed E-state index contributed by atoms with van der Waals surface area (Å²) in [5, 5.41) is 14.2. The van der Waals surface area contributed by atoms with Gasteiger partial charge in [-0.3, -0.25) is 19.2 Å². The van der Waals surface area contributed by atoms with Crippen molar-refractivity contribution >= 4 is 57.3 Å². The first-order valence-corrected chi connectivity index (χ1v) is 25.8. The van der Waals surface area contributed by atoms with E-state index in [0.717, 1.165) is 38.5 Å². The Kier molecular flexibility index (Phi) is 30.9. The molecule has 67 heavy (non-hydrogen) atoms. The summed E-state index contributed by atoms with van der Waals surface area (Å²) in [7, 11) is 0.206. The third kappa shape index (κ3) is 25.5. The van der Waals surface area contributed by atoms with Crippen molar-refractivity contribution in [2.75, 3.05) is 13.2 Å². The van der Waals surface area contributed by atoms with E-state index in [2.05, 4.69) is 12.2 Å². The first-order chi connectivity index (χ1) is 31.7. The number of carbonyl (C=O) groups excluding carboxylic acids is 8. The maximum absolute atomic E-state index is 13.5. The molecule has 0 aromatic carbocycles. The van der Waals surface area contributed by atoms with Crippen molar-refractivity contribution in [3.8, 4) is 0 Å². The fourth-order valence-electron chi connectivity index (χ4n) is 7.46. The van der Waals surface area contributed by atoms with E-state index in [1.807, 2.05) is 19.9 Å². The second kappa shape index (κ2) is 33.8. The molecule has 16 nitrogen and oxygen atoms in total. The number of hydrogen-bond acceptors (Lipinski definition) is 16. The number of unbranched alkanes of at least 4 members (excludes halogenated alkanes) is 12. The third-order valence-corrected chi connectivity index (χ3v) is 13.4. The smallest absolute Gasteiger partial charge is 0.306 e. The van der Waals surface area contributed by atoms with Gasteiger partial charge in [0.15, 0.2) is 24.6 Å². The Morgan fingerprint density at radius 3 is 1.48 bits per heavy atom. The lowest BCUT2D eigenvalue weighted by molar-refractivity contribution is -0.327. The van der Waals surface area contributed by atoms with Crippen molar-refractivity contribution in [1.82, 2.24) is 5.32 Å². The summed E-state index contributed by atoms with van der Waals surface area (Å²) in [5.74, 6) is -4.69. The number of rotatable bonds is 38. The minimum Gasteiger partial charge on any atom is -0.463 e. The highest BCUT2D eigenvalue weighted by molar-refractivity contribution is 6.15. The second-order valence-corrected chi connectivity index (χ2v) is 20.6. The molecule has 0 bridgehead atoms. The standard InChI is InChI=1S/C50H85NO15Si/c1-9-11-13-14-15-16-17-18-19-20-21-22-23-24-40(56)49(7,51-33-12-10-2)50(8,67)66-48-47(65-44(60)32-28-38(6)55)46(64-43(59)31-27-37(5)54)45(63-42(58)30-26-36(4)53)39(62-48)34-61-41(57)29-25-35(3)52/h23-24,39-40,45-48,51,56H,9-22,25-34H2,1-8,67H3/t39-,40?,45-,46+,47-,48?,49?,50?/m1/s1. The molecule has 384 valence electrons. The van der Waals surface area contributed by atoms with Crippen molar-refractivity contribution in [1.29, 1.82) is 0 Å². The summed E-state index contributed by atoms with van der Waals surface area (Å²) in [5.41, 5.74) is -1.20. The van der Waals surface area contributed by atoms with Crippen LogP contribution >= 0.6 is 0 Å². The molecular weight excluding hydrogens is 883 g/mol. The molecule has 0 aromatic rings. The molecule has 0 radical (unpaired) electrons. The maximum atomic E-state index is 13.5. The molecule has 1 aliphatic rings. The Morgan fingerprint density at radius 2 is 1.01 bits per heavy atom. The number of carbonyl (C=O) groups is 8. The van der Waals surface area contributed by atoms with Crippen LogP contribution in [0.25, 0.3) is 0 Å². The van der Waals surface area contributed by atoms with Gasteiger partial charge in [0.2, 0.25) is 0 Å². The molecule has 0 amide bonds. The zero-order valence-corrected chi connectivity index (χ0v) is 44.3.